The number of nitriles is 1. The lowest BCUT2D eigenvalue weighted by Crippen LogP contribution is -2.13. The van der Waals surface area contributed by atoms with E-state index in [1.54, 1.807) is 6.92 Å². The van der Waals surface area contributed by atoms with E-state index in [0.29, 0.717) is 6.07 Å². The highest BCUT2D eigenvalue weighted by molar-refractivity contribution is 6.30. The third-order valence-electron chi connectivity index (χ3n) is 2.24. The van der Waals surface area contributed by atoms with Crippen LogP contribution in [0.3, 0.4) is 0 Å². The van der Waals surface area contributed by atoms with Crippen LogP contribution in [0.1, 0.15) is 23.6 Å². The maximum atomic E-state index is 12.8. The quantitative estimate of drug-likeness (QED) is 0.803. The number of alkyl halides is 3. The van der Waals surface area contributed by atoms with Gasteiger partial charge < -0.3 is 4.74 Å². The number of esters is 1. The molecule has 0 aliphatic rings. The summed E-state index contributed by atoms with van der Waals surface area (Å²) in [5, 5.41) is 8.66. The number of carbonyl (C=O) groups is 1. The van der Waals surface area contributed by atoms with E-state index >= 15 is 0 Å². The minimum Gasteiger partial charge on any atom is -0.466 e. The van der Waals surface area contributed by atoms with Crippen molar-refractivity contribution in [3.63, 3.8) is 0 Å². The zero-order chi connectivity index (χ0) is 14.6. The molecule has 0 N–H and O–H groups in total. The van der Waals surface area contributed by atoms with Crippen molar-refractivity contribution >= 4 is 17.6 Å². The van der Waals surface area contributed by atoms with Crippen molar-refractivity contribution in [1.82, 2.24) is 0 Å². The zero-order valence-electron chi connectivity index (χ0n) is 9.84. The zero-order valence-corrected chi connectivity index (χ0v) is 10.6. The minimum atomic E-state index is -4.71. The Labute approximate surface area is 112 Å². The maximum absolute atomic E-state index is 12.8. The van der Waals surface area contributed by atoms with Crippen molar-refractivity contribution in [3.8, 4) is 6.07 Å². The topological polar surface area (TPSA) is 50.1 Å². The number of benzene rings is 1. The van der Waals surface area contributed by atoms with E-state index in [4.69, 9.17) is 16.9 Å². The van der Waals surface area contributed by atoms with E-state index < -0.39 is 29.7 Å². The molecule has 0 aliphatic heterocycles. The molecular formula is C12H9ClF3NO2. The summed E-state index contributed by atoms with van der Waals surface area (Å²) in [6.07, 6.45) is -5.14. The Morgan fingerprint density at radius 3 is 2.58 bits per heavy atom. The van der Waals surface area contributed by atoms with Crippen molar-refractivity contribution in [3.05, 3.63) is 33.8 Å². The largest absolute Gasteiger partial charge is 0.466 e. The third kappa shape index (κ3) is 3.86. The molecular weight excluding hydrogens is 283 g/mol. The molecule has 0 amide bonds. The van der Waals surface area contributed by atoms with E-state index in [1.807, 2.05) is 0 Å². The highest BCUT2D eigenvalue weighted by atomic mass is 35.5. The molecule has 0 heterocycles. The van der Waals surface area contributed by atoms with Gasteiger partial charge in [-0.15, -0.1) is 0 Å². The van der Waals surface area contributed by atoms with Crippen molar-refractivity contribution in [2.75, 3.05) is 6.61 Å². The SMILES string of the molecule is CCOC(=O)Cc1cc(Cl)cc(C(F)(F)F)c1C#N. The average Bonchev–Trinajstić information content (AvgIpc) is 2.27. The summed E-state index contributed by atoms with van der Waals surface area (Å²) in [5.74, 6) is -0.714. The summed E-state index contributed by atoms with van der Waals surface area (Å²) in [6, 6.07) is 3.28. The number of ether oxygens (including phenoxy) is 1. The molecule has 0 aromatic heterocycles. The third-order valence-corrected chi connectivity index (χ3v) is 2.46. The van der Waals surface area contributed by atoms with Crippen LogP contribution in [-0.4, -0.2) is 12.6 Å². The van der Waals surface area contributed by atoms with Crippen molar-refractivity contribution in [2.45, 2.75) is 19.5 Å². The normalized spacial score (nSPS) is 10.9. The van der Waals surface area contributed by atoms with Crippen molar-refractivity contribution in [2.24, 2.45) is 0 Å². The van der Waals surface area contributed by atoms with E-state index in [9.17, 15) is 18.0 Å². The lowest BCUT2D eigenvalue weighted by atomic mass is 9.99. The number of hydrogen-bond acceptors (Lipinski definition) is 3. The van der Waals surface area contributed by atoms with Gasteiger partial charge in [0.15, 0.2) is 0 Å². The van der Waals surface area contributed by atoms with Crippen LogP contribution in [0, 0.1) is 11.3 Å². The second-order valence-corrected chi connectivity index (χ2v) is 4.02. The Hall–Kier alpha value is -1.74. The van der Waals surface area contributed by atoms with Gasteiger partial charge >= 0.3 is 12.1 Å². The van der Waals surface area contributed by atoms with Crippen LogP contribution >= 0.6 is 11.6 Å². The molecule has 0 aliphatic carbocycles. The predicted octanol–water partition coefficient (Wildman–Crippen LogP) is 3.34. The molecule has 102 valence electrons. The molecule has 0 fully saturated rings. The fourth-order valence-electron chi connectivity index (χ4n) is 1.53. The Bertz CT molecular complexity index is 535. The van der Waals surface area contributed by atoms with Gasteiger partial charge in [-0.3, -0.25) is 4.79 Å². The minimum absolute atomic E-state index is 0.0965. The maximum Gasteiger partial charge on any atom is 0.417 e. The number of nitrogens with zero attached hydrogens (tertiary/aromatic N) is 1. The molecule has 1 aromatic carbocycles. The molecule has 0 saturated carbocycles. The first kappa shape index (κ1) is 15.3. The van der Waals surface area contributed by atoms with Gasteiger partial charge in [0.1, 0.15) is 6.07 Å². The molecule has 1 aromatic rings. The summed E-state index contributed by atoms with van der Waals surface area (Å²) >= 11 is 5.58. The first-order valence-corrected chi connectivity index (χ1v) is 5.62. The molecule has 0 radical (unpaired) electrons. The highest BCUT2D eigenvalue weighted by Crippen LogP contribution is 2.35. The second kappa shape index (κ2) is 5.93. The fourth-order valence-corrected chi connectivity index (χ4v) is 1.77. The van der Waals surface area contributed by atoms with Gasteiger partial charge in [-0.25, -0.2) is 0 Å². The van der Waals surface area contributed by atoms with Crippen LogP contribution in [-0.2, 0) is 22.1 Å². The lowest BCUT2D eigenvalue weighted by molar-refractivity contribution is -0.142. The van der Waals surface area contributed by atoms with Crippen LogP contribution in [0.5, 0.6) is 0 Å². The summed E-state index contributed by atoms with van der Waals surface area (Å²) in [6.45, 7) is 1.68. The van der Waals surface area contributed by atoms with Crippen LogP contribution in [0.2, 0.25) is 5.02 Å². The number of carbonyl (C=O) groups excluding carboxylic acids is 1. The van der Waals surface area contributed by atoms with E-state index in [-0.39, 0.29) is 17.2 Å². The Kier molecular flexibility index (Phi) is 4.78. The van der Waals surface area contributed by atoms with Crippen LogP contribution in [0.25, 0.3) is 0 Å². The summed E-state index contributed by atoms with van der Waals surface area (Å²) in [5.41, 5.74) is -1.85. The molecule has 7 heteroatoms. The molecule has 0 spiro atoms. The number of halogens is 4. The monoisotopic (exact) mass is 291 g/mol. The fraction of sp³-hybridized carbons (Fsp3) is 0.333. The van der Waals surface area contributed by atoms with E-state index in [0.717, 1.165) is 6.07 Å². The lowest BCUT2D eigenvalue weighted by Gasteiger charge is -2.12. The first-order valence-electron chi connectivity index (χ1n) is 5.25. The van der Waals surface area contributed by atoms with Gasteiger partial charge in [0.2, 0.25) is 0 Å². The molecule has 0 saturated heterocycles. The first-order chi connectivity index (χ1) is 8.79. The van der Waals surface area contributed by atoms with Crippen molar-refractivity contribution < 1.29 is 22.7 Å². The molecule has 3 nitrogen and oxygen atoms in total. The Morgan fingerprint density at radius 2 is 2.11 bits per heavy atom. The van der Waals surface area contributed by atoms with Gasteiger partial charge in [-0.1, -0.05) is 11.6 Å². The van der Waals surface area contributed by atoms with Crippen molar-refractivity contribution in [1.29, 1.82) is 5.26 Å². The van der Waals surface area contributed by atoms with Gasteiger partial charge in [0.25, 0.3) is 0 Å². The summed E-state index contributed by atoms with van der Waals surface area (Å²) < 4.78 is 42.9. The van der Waals surface area contributed by atoms with Crippen LogP contribution in [0.15, 0.2) is 12.1 Å². The molecule has 1 rings (SSSR count). The van der Waals surface area contributed by atoms with E-state index in [1.165, 1.54) is 6.07 Å². The van der Waals surface area contributed by atoms with Crippen LogP contribution < -0.4 is 0 Å². The van der Waals surface area contributed by atoms with Gasteiger partial charge in [-0.2, -0.15) is 18.4 Å². The summed E-state index contributed by atoms with van der Waals surface area (Å²) in [7, 11) is 0. The molecule has 19 heavy (non-hydrogen) atoms. The van der Waals surface area contributed by atoms with Gasteiger partial charge in [0, 0.05) is 5.02 Å². The van der Waals surface area contributed by atoms with Crippen LogP contribution in [0.4, 0.5) is 13.2 Å². The highest BCUT2D eigenvalue weighted by Gasteiger charge is 2.35. The average molecular weight is 292 g/mol. The van der Waals surface area contributed by atoms with Gasteiger partial charge in [0.05, 0.1) is 24.2 Å². The Morgan fingerprint density at radius 1 is 1.47 bits per heavy atom. The summed E-state index contributed by atoms with van der Waals surface area (Å²) in [4.78, 5) is 11.3. The smallest absolute Gasteiger partial charge is 0.417 e. The molecule has 0 bridgehead atoms. The standard InChI is InChI=1S/C12H9ClF3NO2/c1-2-19-11(18)4-7-3-8(13)5-10(9(7)6-17)12(14,15)16/h3,5H,2,4H2,1H3. The van der Waals surface area contributed by atoms with Gasteiger partial charge in [-0.05, 0) is 24.6 Å². The van der Waals surface area contributed by atoms with E-state index in [2.05, 4.69) is 4.74 Å². The second-order valence-electron chi connectivity index (χ2n) is 3.58. The molecule has 0 atom stereocenters. The molecule has 0 unspecified atom stereocenters. The number of hydrogen-bond donors (Lipinski definition) is 0. The Balaban J connectivity index is 3.29. The predicted molar refractivity (Wildman–Crippen MR) is 61.5 cm³/mol. The number of rotatable bonds is 3.